The fourth-order valence-corrected chi connectivity index (χ4v) is 5.79. The first-order chi connectivity index (χ1) is 4.13. The lowest BCUT2D eigenvalue weighted by Crippen LogP contribution is -2.43. The van der Waals surface area contributed by atoms with E-state index in [9.17, 15) is 0 Å². The van der Waals surface area contributed by atoms with Crippen LogP contribution in [0.4, 0.5) is 0 Å². The zero-order valence-corrected chi connectivity index (χ0v) is 9.26. The molecule has 0 bridgehead atoms. The van der Waals surface area contributed by atoms with E-state index in [0.717, 1.165) is 5.75 Å². The van der Waals surface area contributed by atoms with E-state index in [0.29, 0.717) is 6.04 Å². The fourth-order valence-electron chi connectivity index (χ4n) is 0.475. The molecule has 1 saturated heterocycles. The van der Waals surface area contributed by atoms with Crippen molar-refractivity contribution in [2.24, 2.45) is 5.73 Å². The molecule has 0 saturated carbocycles. The lowest BCUT2D eigenvalue weighted by molar-refractivity contribution is 0.588. The molecule has 1 heterocycles. The van der Waals surface area contributed by atoms with Crippen molar-refractivity contribution >= 4 is 43.8 Å². The quantitative estimate of drug-likeness (QED) is 0.631. The molecule has 1 unspecified atom stereocenters. The fraction of sp³-hybridized carbons (Fsp3) is 1.00. The van der Waals surface area contributed by atoms with E-state index < -0.39 is 0 Å². The summed E-state index contributed by atoms with van der Waals surface area (Å²) in [5, 5.41) is 0. The van der Waals surface area contributed by atoms with E-state index in [-0.39, 0.29) is 17.2 Å². The van der Waals surface area contributed by atoms with E-state index >= 15 is 0 Å². The Bertz CT molecular complexity index is 109. The molecule has 1 nitrogen and oxygen atoms in total. The van der Waals surface area contributed by atoms with Crippen molar-refractivity contribution < 1.29 is 0 Å². The minimum Gasteiger partial charge on any atom is -0.326 e. The molecule has 0 spiro atoms. The van der Waals surface area contributed by atoms with Gasteiger partial charge in [0.05, 0.1) is 0 Å². The van der Waals surface area contributed by atoms with Crippen LogP contribution in [0.1, 0.15) is 13.8 Å². The Kier molecular flexibility index (Phi) is 4.92. The van der Waals surface area contributed by atoms with Crippen LogP contribution in [0.2, 0.25) is 0 Å². The standard InChI is InChI=1S/C5H11NS3.ClH/c1-5(2)4(6)3-7-9-8-5;/h4H,3,6H2,1-2H3;1H. The van der Waals surface area contributed by atoms with Crippen molar-refractivity contribution in [2.75, 3.05) is 5.75 Å². The Hall–Kier alpha value is 1.30. The predicted octanol–water partition coefficient (Wildman–Crippen LogP) is 2.56. The molecule has 1 aliphatic heterocycles. The van der Waals surface area contributed by atoms with Gasteiger partial charge in [0, 0.05) is 16.5 Å². The minimum atomic E-state index is 0. The third-order valence-corrected chi connectivity index (χ3v) is 6.50. The average Bonchev–Trinajstić information content (AvgIpc) is 1.77. The molecule has 1 rings (SSSR count). The molecule has 0 aromatic carbocycles. The highest BCUT2D eigenvalue weighted by Gasteiger charge is 2.31. The van der Waals surface area contributed by atoms with E-state index in [1.807, 2.05) is 31.4 Å². The summed E-state index contributed by atoms with van der Waals surface area (Å²) in [4.78, 5) is 0. The average molecular weight is 218 g/mol. The highest BCUT2D eigenvalue weighted by molar-refractivity contribution is 9.09. The summed E-state index contributed by atoms with van der Waals surface area (Å²) in [6, 6.07) is 0.355. The van der Waals surface area contributed by atoms with E-state index in [1.54, 1.807) is 0 Å². The normalized spacial score (nSPS) is 30.9. The smallest absolute Gasteiger partial charge is 0.0374 e. The molecule has 0 aromatic heterocycles. The van der Waals surface area contributed by atoms with Crippen LogP contribution in [-0.2, 0) is 0 Å². The summed E-state index contributed by atoms with van der Waals surface area (Å²) in [6.07, 6.45) is 0. The topological polar surface area (TPSA) is 26.0 Å². The second-order valence-corrected chi connectivity index (χ2v) is 7.41. The van der Waals surface area contributed by atoms with Crippen molar-refractivity contribution in [3.8, 4) is 0 Å². The van der Waals surface area contributed by atoms with Crippen LogP contribution in [-0.4, -0.2) is 16.5 Å². The summed E-state index contributed by atoms with van der Waals surface area (Å²) < 4.78 is 0.274. The summed E-state index contributed by atoms with van der Waals surface area (Å²) in [5.74, 6) is 1.09. The number of nitrogens with two attached hydrogens (primary N) is 1. The molecule has 0 radical (unpaired) electrons. The van der Waals surface area contributed by atoms with Gasteiger partial charge in [-0.25, -0.2) is 0 Å². The van der Waals surface area contributed by atoms with Gasteiger partial charge in [-0.3, -0.25) is 0 Å². The molecule has 1 fully saturated rings. The van der Waals surface area contributed by atoms with Crippen molar-refractivity contribution in [1.29, 1.82) is 0 Å². The maximum atomic E-state index is 5.86. The molecule has 2 N–H and O–H groups in total. The van der Waals surface area contributed by atoms with Gasteiger partial charge in [-0.1, -0.05) is 21.6 Å². The maximum absolute atomic E-state index is 5.86. The van der Waals surface area contributed by atoms with Gasteiger partial charge < -0.3 is 5.73 Å². The molecule has 0 amide bonds. The van der Waals surface area contributed by atoms with Crippen LogP contribution in [0, 0.1) is 0 Å². The second-order valence-electron chi connectivity index (χ2n) is 2.65. The van der Waals surface area contributed by atoms with Gasteiger partial charge in [0.25, 0.3) is 0 Å². The highest BCUT2D eigenvalue weighted by atomic mass is 35.5. The zero-order valence-electron chi connectivity index (χ0n) is 5.99. The van der Waals surface area contributed by atoms with Crippen molar-refractivity contribution in [3.05, 3.63) is 0 Å². The predicted molar refractivity (Wildman–Crippen MR) is 56.9 cm³/mol. The number of rotatable bonds is 0. The largest absolute Gasteiger partial charge is 0.326 e. The molecule has 1 aliphatic rings. The second kappa shape index (κ2) is 4.36. The molecule has 5 heteroatoms. The lowest BCUT2D eigenvalue weighted by atomic mass is 10.1. The van der Waals surface area contributed by atoms with Gasteiger partial charge in [0.1, 0.15) is 0 Å². The molecule has 0 aliphatic carbocycles. The highest BCUT2D eigenvalue weighted by Crippen LogP contribution is 2.49. The zero-order chi connectivity index (χ0) is 6.91. The van der Waals surface area contributed by atoms with Crippen molar-refractivity contribution in [1.82, 2.24) is 0 Å². The van der Waals surface area contributed by atoms with Crippen LogP contribution in [0.3, 0.4) is 0 Å². The Morgan fingerprint density at radius 1 is 1.50 bits per heavy atom. The van der Waals surface area contributed by atoms with Crippen molar-refractivity contribution in [3.63, 3.8) is 0 Å². The summed E-state index contributed by atoms with van der Waals surface area (Å²) in [6.45, 7) is 4.41. The van der Waals surface area contributed by atoms with Gasteiger partial charge in [-0.15, -0.1) is 12.4 Å². The SMILES string of the molecule is CC1(C)SSSCC1N.Cl. The molecular weight excluding hydrogens is 206 g/mol. The van der Waals surface area contributed by atoms with Crippen LogP contribution < -0.4 is 5.73 Å². The Morgan fingerprint density at radius 2 is 2.10 bits per heavy atom. The summed E-state index contributed by atoms with van der Waals surface area (Å²) in [7, 11) is 5.60. The first-order valence-corrected chi connectivity index (χ1v) is 6.51. The molecule has 62 valence electrons. The maximum Gasteiger partial charge on any atom is 0.0374 e. The van der Waals surface area contributed by atoms with E-state index in [1.165, 1.54) is 0 Å². The van der Waals surface area contributed by atoms with Crippen LogP contribution in [0.25, 0.3) is 0 Å². The van der Waals surface area contributed by atoms with E-state index in [2.05, 4.69) is 13.8 Å². The van der Waals surface area contributed by atoms with E-state index in [4.69, 9.17) is 5.73 Å². The summed E-state index contributed by atoms with van der Waals surface area (Å²) >= 11 is 0. The van der Waals surface area contributed by atoms with Gasteiger partial charge >= 0.3 is 0 Å². The number of hydrogen-bond donors (Lipinski definition) is 1. The van der Waals surface area contributed by atoms with Gasteiger partial charge in [0.15, 0.2) is 0 Å². The van der Waals surface area contributed by atoms with Crippen LogP contribution in [0.15, 0.2) is 0 Å². The molecule has 10 heavy (non-hydrogen) atoms. The third kappa shape index (κ3) is 2.74. The molecule has 0 aromatic rings. The van der Waals surface area contributed by atoms with Gasteiger partial charge in [-0.05, 0) is 23.7 Å². The minimum absolute atomic E-state index is 0. The lowest BCUT2D eigenvalue weighted by Gasteiger charge is -2.33. The third-order valence-electron chi connectivity index (χ3n) is 1.44. The first kappa shape index (κ1) is 11.3. The van der Waals surface area contributed by atoms with Gasteiger partial charge in [0.2, 0.25) is 0 Å². The Morgan fingerprint density at radius 3 is 2.40 bits per heavy atom. The van der Waals surface area contributed by atoms with Crippen LogP contribution >= 0.6 is 43.8 Å². The number of halogens is 1. The van der Waals surface area contributed by atoms with Gasteiger partial charge in [-0.2, -0.15) is 0 Å². The molecular formula is C5H12ClNS3. The monoisotopic (exact) mass is 217 g/mol. The Labute approximate surface area is 79.9 Å². The Balaban J connectivity index is 0.000000810. The first-order valence-electron chi connectivity index (χ1n) is 2.86. The summed E-state index contributed by atoms with van der Waals surface area (Å²) in [5.41, 5.74) is 5.86. The van der Waals surface area contributed by atoms with Crippen molar-refractivity contribution in [2.45, 2.75) is 24.6 Å². The number of hydrogen-bond acceptors (Lipinski definition) is 4. The molecule has 1 atom stereocenters. The van der Waals surface area contributed by atoms with Crippen LogP contribution in [0.5, 0.6) is 0 Å².